The predicted molar refractivity (Wildman–Crippen MR) is 142 cm³/mol. The van der Waals surface area contributed by atoms with Gasteiger partial charge in [0.1, 0.15) is 18.2 Å². The number of rotatable bonds is 7. The number of cyclic esters (lactones) is 1. The largest absolute Gasteiger partial charge is 0.480 e. The Morgan fingerprint density at radius 1 is 1.07 bits per heavy atom. The smallest absolute Gasteiger partial charge is 0.415 e. The number of ether oxygens (including phenoxy) is 3. The van der Waals surface area contributed by atoms with Crippen molar-refractivity contribution >= 4 is 34.7 Å². The molecule has 0 atom stereocenters. The quantitative estimate of drug-likeness (QED) is 0.457. The third-order valence-electron chi connectivity index (χ3n) is 8.57. The molecular formula is C28H29FN6O5. The molecule has 2 bridgehead atoms. The van der Waals surface area contributed by atoms with Gasteiger partial charge in [-0.25, -0.2) is 19.2 Å². The second-order valence-electron chi connectivity index (χ2n) is 11.0. The van der Waals surface area contributed by atoms with Crippen molar-refractivity contribution in [3.05, 3.63) is 47.5 Å². The molecule has 0 aromatic carbocycles. The van der Waals surface area contributed by atoms with E-state index in [-0.39, 0.29) is 23.7 Å². The van der Waals surface area contributed by atoms with Gasteiger partial charge >= 0.3 is 6.09 Å². The molecule has 3 saturated heterocycles. The standard InChI is InChI=1S/C28H29FN6O5/c29-19-14-30-20-2-4-22(35-11-12-38-26(35)37)33-24(20)18(19)5-6-28-9-7-27(8-10-28,16-40-28)31-13-17-1-3-21-25(32-17)34-23(36)15-39-21/h1-4,14,31H,5-13,15-16H2,(H,32,34,36). The fourth-order valence-electron chi connectivity index (χ4n) is 6.12. The Morgan fingerprint density at radius 2 is 1.95 bits per heavy atom. The first-order valence-corrected chi connectivity index (χ1v) is 13.6. The third-order valence-corrected chi connectivity index (χ3v) is 8.57. The van der Waals surface area contributed by atoms with E-state index in [1.807, 2.05) is 12.1 Å². The zero-order chi connectivity index (χ0) is 27.3. The molecule has 4 aliphatic heterocycles. The molecule has 2 N–H and O–H groups in total. The van der Waals surface area contributed by atoms with E-state index in [0.29, 0.717) is 73.1 Å². The number of amides is 2. The Balaban J connectivity index is 1.02. The topological polar surface area (TPSA) is 128 Å². The van der Waals surface area contributed by atoms with Crippen molar-refractivity contribution in [3.63, 3.8) is 0 Å². The van der Waals surface area contributed by atoms with Gasteiger partial charge in [-0.15, -0.1) is 0 Å². The fourth-order valence-corrected chi connectivity index (χ4v) is 6.12. The van der Waals surface area contributed by atoms with Gasteiger partial charge < -0.3 is 24.8 Å². The van der Waals surface area contributed by atoms with Crippen LogP contribution in [0.3, 0.4) is 0 Å². The van der Waals surface area contributed by atoms with Gasteiger partial charge in [0.2, 0.25) is 0 Å². The van der Waals surface area contributed by atoms with Crippen LogP contribution in [-0.4, -0.2) is 64.5 Å². The second kappa shape index (κ2) is 9.63. The maximum atomic E-state index is 15.1. The monoisotopic (exact) mass is 548 g/mol. The fraction of sp³-hybridized carbons (Fsp3) is 0.464. The van der Waals surface area contributed by atoms with E-state index in [2.05, 4.69) is 25.6 Å². The summed E-state index contributed by atoms with van der Waals surface area (Å²) in [5, 5.41) is 6.41. The zero-order valence-corrected chi connectivity index (χ0v) is 21.9. The van der Waals surface area contributed by atoms with Crippen molar-refractivity contribution in [3.8, 4) is 5.75 Å². The van der Waals surface area contributed by atoms with Crippen LogP contribution in [0.2, 0.25) is 0 Å². The maximum Gasteiger partial charge on any atom is 0.415 e. The Hall–Kier alpha value is -3.90. The van der Waals surface area contributed by atoms with E-state index < -0.39 is 11.9 Å². The number of halogens is 1. The Labute approximate surface area is 229 Å². The van der Waals surface area contributed by atoms with E-state index in [1.54, 1.807) is 12.1 Å². The number of pyridine rings is 3. The first-order chi connectivity index (χ1) is 19.4. The number of hydrogen-bond acceptors (Lipinski definition) is 9. The Kier molecular flexibility index (Phi) is 6.04. The maximum absolute atomic E-state index is 15.1. The van der Waals surface area contributed by atoms with Crippen LogP contribution in [0, 0.1) is 5.82 Å². The van der Waals surface area contributed by atoms with Crippen LogP contribution in [-0.2, 0) is 27.2 Å². The Bertz CT molecular complexity index is 1490. The Morgan fingerprint density at radius 3 is 2.73 bits per heavy atom. The van der Waals surface area contributed by atoms with Gasteiger partial charge in [-0.3, -0.25) is 14.7 Å². The van der Waals surface area contributed by atoms with Crippen LogP contribution in [0.4, 0.5) is 20.8 Å². The highest BCUT2D eigenvalue weighted by Crippen LogP contribution is 2.46. The first-order valence-electron chi connectivity index (χ1n) is 13.6. The molecule has 11 nitrogen and oxygen atoms in total. The molecule has 12 heteroatoms. The number of carbonyl (C=O) groups is 2. The van der Waals surface area contributed by atoms with Crippen molar-refractivity contribution in [2.24, 2.45) is 0 Å². The molecule has 40 heavy (non-hydrogen) atoms. The lowest BCUT2D eigenvalue weighted by atomic mass is 9.69. The predicted octanol–water partition coefficient (Wildman–Crippen LogP) is 3.26. The van der Waals surface area contributed by atoms with E-state index in [4.69, 9.17) is 14.2 Å². The summed E-state index contributed by atoms with van der Waals surface area (Å²) < 4.78 is 31.9. The number of anilines is 2. The lowest BCUT2D eigenvalue weighted by molar-refractivity contribution is -0.165. The van der Waals surface area contributed by atoms with Gasteiger partial charge in [0.25, 0.3) is 5.91 Å². The van der Waals surface area contributed by atoms with Gasteiger partial charge in [0.15, 0.2) is 18.2 Å². The minimum Gasteiger partial charge on any atom is -0.480 e. The second-order valence-corrected chi connectivity index (χ2v) is 11.0. The number of fused-ring (bicyclic) bond motifs is 5. The number of hydrogen-bond donors (Lipinski definition) is 2. The van der Waals surface area contributed by atoms with Crippen molar-refractivity contribution in [1.82, 2.24) is 20.3 Å². The summed E-state index contributed by atoms with van der Waals surface area (Å²) in [5.41, 5.74) is 1.91. The molecular weight excluding hydrogens is 519 g/mol. The summed E-state index contributed by atoms with van der Waals surface area (Å²) in [4.78, 5) is 38.5. The number of aromatic nitrogens is 3. The van der Waals surface area contributed by atoms with E-state index >= 15 is 4.39 Å². The van der Waals surface area contributed by atoms with Crippen LogP contribution in [0.15, 0.2) is 30.5 Å². The van der Waals surface area contributed by atoms with E-state index in [9.17, 15) is 9.59 Å². The van der Waals surface area contributed by atoms with Gasteiger partial charge in [0, 0.05) is 17.6 Å². The third kappa shape index (κ3) is 4.50. The lowest BCUT2D eigenvalue weighted by Gasteiger charge is -2.53. The summed E-state index contributed by atoms with van der Waals surface area (Å²) >= 11 is 0. The molecule has 1 aliphatic carbocycles. The summed E-state index contributed by atoms with van der Waals surface area (Å²) in [6, 6.07) is 7.21. The minimum absolute atomic E-state index is 0.00505. The number of nitrogens with zero attached hydrogens (tertiary/aromatic N) is 4. The normalized spacial score (nSPS) is 25.5. The molecule has 3 aromatic heterocycles. The van der Waals surface area contributed by atoms with E-state index in [1.165, 1.54) is 11.1 Å². The average Bonchev–Trinajstić information content (AvgIpc) is 3.42. The SMILES string of the molecule is O=C1COc2ccc(CNC34CCC(CCc5c(F)cnc6ccc(N7CCOC7=O)nc56)(CC3)OC4)nc2N1. The van der Waals surface area contributed by atoms with E-state index in [0.717, 1.165) is 31.4 Å². The van der Waals surface area contributed by atoms with Crippen molar-refractivity contribution < 1.29 is 28.2 Å². The summed E-state index contributed by atoms with van der Waals surface area (Å²) in [6.07, 6.45) is 5.53. The number of nitrogens with one attached hydrogen (secondary N) is 2. The molecule has 0 spiro atoms. The molecule has 4 fully saturated rings. The van der Waals surface area contributed by atoms with Gasteiger partial charge in [0.05, 0.1) is 41.7 Å². The molecule has 5 aliphatic rings. The highest BCUT2D eigenvalue weighted by molar-refractivity contribution is 5.94. The van der Waals surface area contributed by atoms with Gasteiger partial charge in [-0.05, 0) is 62.8 Å². The van der Waals surface area contributed by atoms with Crippen molar-refractivity contribution in [2.45, 2.75) is 56.2 Å². The number of aryl methyl sites for hydroxylation is 1. The number of carbonyl (C=O) groups excluding carboxylic acids is 2. The summed E-state index contributed by atoms with van der Waals surface area (Å²) in [6.45, 7) is 1.84. The molecule has 8 rings (SSSR count). The molecule has 0 unspecified atom stereocenters. The molecule has 7 heterocycles. The minimum atomic E-state index is -0.449. The molecule has 1 saturated carbocycles. The average molecular weight is 549 g/mol. The highest BCUT2D eigenvalue weighted by Gasteiger charge is 2.49. The van der Waals surface area contributed by atoms with Gasteiger partial charge in [-0.1, -0.05) is 0 Å². The zero-order valence-electron chi connectivity index (χ0n) is 21.9. The summed E-state index contributed by atoms with van der Waals surface area (Å²) in [7, 11) is 0. The first kappa shape index (κ1) is 25.1. The molecule has 3 aromatic rings. The lowest BCUT2D eigenvalue weighted by Crippen LogP contribution is -2.61. The van der Waals surface area contributed by atoms with Crippen molar-refractivity contribution in [2.75, 3.05) is 36.6 Å². The molecule has 0 radical (unpaired) electrons. The highest BCUT2D eigenvalue weighted by atomic mass is 19.1. The molecule has 2 amide bonds. The van der Waals surface area contributed by atoms with Crippen LogP contribution in [0.1, 0.15) is 43.4 Å². The van der Waals surface area contributed by atoms with Crippen LogP contribution in [0.5, 0.6) is 5.75 Å². The molecule has 208 valence electrons. The van der Waals surface area contributed by atoms with Gasteiger partial charge in [-0.2, -0.15) is 0 Å². The van der Waals surface area contributed by atoms with Crippen LogP contribution in [0.25, 0.3) is 11.0 Å². The van der Waals surface area contributed by atoms with Crippen LogP contribution >= 0.6 is 0 Å². The summed E-state index contributed by atoms with van der Waals surface area (Å²) in [5.74, 6) is 0.855. The van der Waals surface area contributed by atoms with Crippen molar-refractivity contribution in [1.29, 1.82) is 0 Å². The van der Waals surface area contributed by atoms with Crippen LogP contribution < -0.4 is 20.3 Å².